The quantitative estimate of drug-likeness (QED) is 0.652. The van der Waals surface area contributed by atoms with Gasteiger partial charge in [0.15, 0.2) is 0 Å². The van der Waals surface area contributed by atoms with E-state index in [1.54, 1.807) is 11.3 Å². The maximum absolute atomic E-state index is 11.5. The van der Waals surface area contributed by atoms with Gasteiger partial charge >= 0.3 is 5.97 Å². The third kappa shape index (κ3) is 3.98. The maximum Gasteiger partial charge on any atom is 0.324 e. The summed E-state index contributed by atoms with van der Waals surface area (Å²) in [6, 6.07) is 4.05. The van der Waals surface area contributed by atoms with Crippen LogP contribution < -0.4 is 5.32 Å². The molecule has 2 heterocycles. The zero-order valence-corrected chi connectivity index (χ0v) is 12.1. The van der Waals surface area contributed by atoms with Gasteiger partial charge in [0.1, 0.15) is 6.04 Å². The summed E-state index contributed by atoms with van der Waals surface area (Å²) in [4.78, 5) is 13.8. The molecule has 1 fully saturated rings. The van der Waals surface area contributed by atoms with Crippen molar-refractivity contribution in [2.75, 3.05) is 39.0 Å². The summed E-state index contributed by atoms with van der Waals surface area (Å²) in [5.74, 6) is 0.902. The molecule has 0 saturated carbocycles. The summed E-state index contributed by atoms with van der Waals surface area (Å²) in [5.41, 5.74) is 0. The Morgan fingerprint density at radius 3 is 3.33 bits per heavy atom. The number of nitrogens with zero attached hydrogens (tertiary/aromatic N) is 1. The van der Waals surface area contributed by atoms with Crippen LogP contribution in [0.1, 0.15) is 0 Å². The Morgan fingerprint density at radius 1 is 1.72 bits per heavy atom. The lowest BCUT2D eigenvalue weighted by Gasteiger charge is -2.31. The topological polar surface area (TPSA) is 41.6 Å². The fourth-order valence-electron chi connectivity index (χ4n) is 1.94. The van der Waals surface area contributed by atoms with Crippen molar-refractivity contribution < 1.29 is 9.53 Å². The first-order chi connectivity index (χ1) is 8.79. The molecule has 100 valence electrons. The highest BCUT2D eigenvalue weighted by Crippen LogP contribution is 2.23. The Kier molecular flexibility index (Phi) is 5.49. The second kappa shape index (κ2) is 7.13. The van der Waals surface area contributed by atoms with E-state index in [0.717, 1.165) is 31.9 Å². The molecule has 0 aliphatic carbocycles. The zero-order chi connectivity index (χ0) is 12.8. The number of esters is 1. The van der Waals surface area contributed by atoms with Crippen molar-refractivity contribution in [2.24, 2.45) is 0 Å². The number of carbonyl (C=O) groups excluding carboxylic acids is 1. The van der Waals surface area contributed by atoms with E-state index >= 15 is 0 Å². The average molecular weight is 286 g/mol. The van der Waals surface area contributed by atoms with Crippen LogP contribution in [0.2, 0.25) is 0 Å². The second-order valence-electron chi connectivity index (χ2n) is 4.11. The molecule has 0 aromatic carbocycles. The van der Waals surface area contributed by atoms with Gasteiger partial charge in [-0.25, -0.2) is 0 Å². The Balaban J connectivity index is 1.71. The van der Waals surface area contributed by atoms with Crippen molar-refractivity contribution in [1.29, 1.82) is 0 Å². The third-order valence-electron chi connectivity index (χ3n) is 2.89. The van der Waals surface area contributed by atoms with Crippen LogP contribution in [0, 0.1) is 0 Å². The number of carbonyl (C=O) groups is 1. The predicted octanol–water partition coefficient (Wildman–Crippen LogP) is 1.29. The largest absolute Gasteiger partial charge is 0.468 e. The van der Waals surface area contributed by atoms with Gasteiger partial charge in [-0.15, -0.1) is 23.1 Å². The molecule has 1 aliphatic heterocycles. The van der Waals surface area contributed by atoms with Crippen LogP contribution in [0.5, 0.6) is 0 Å². The van der Waals surface area contributed by atoms with Crippen molar-refractivity contribution in [3.05, 3.63) is 17.5 Å². The van der Waals surface area contributed by atoms with Crippen molar-refractivity contribution >= 4 is 29.1 Å². The average Bonchev–Trinajstić information content (AvgIpc) is 2.91. The fourth-order valence-corrected chi connectivity index (χ4v) is 3.80. The van der Waals surface area contributed by atoms with Crippen molar-refractivity contribution in [2.45, 2.75) is 10.3 Å². The molecule has 1 unspecified atom stereocenters. The molecule has 18 heavy (non-hydrogen) atoms. The number of ether oxygens (including phenoxy) is 1. The van der Waals surface area contributed by atoms with E-state index in [4.69, 9.17) is 4.74 Å². The Hall–Kier alpha value is -0.560. The molecular weight excluding hydrogens is 268 g/mol. The van der Waals surface area contributed by atoms with Crippen LogP contribution in [0.15, 0.2) is 21.7 Å². The van der Waals surface area contributed by atoms with E-state index in [1.165, 1.54) is 11.3 Å². The first-order valence-electron chi connectivity index (χ1n) is 5.99. The number of piperazine rings is 1. The summed E-state index contributed by atoms with van der Waals surface area (Å²) in [5, 5.41) is 5.28. The lowest BCUT2D eigenvalue weighted by atomic mass is 10.2. The highest BCUT2D eigenvalue weighted by atomic mass is 32.2. The first-order valence-corrected chi connectivity index (χ1v) is 7.86. The monoisotopic (exact) mass is 286 g/mol. The van der Waals surface area contributed by atoms with E-state index < -0.39 is 0 Å². The van der Waals surface area contributed by atoms with Crippen LogP contribution in [0.3, 0.4) is 0 Å². The van der Waals surface area contributed by atoms with Gasteiger partial charge in [-0.1, -0.05) is 6.07 Å². The van der Waals surface area contributed by atoms with Crippen LogP contribution in [-0.4, -0.2) is 56.0 Å². The Labute approximate surface area is 116 Å². The lowest BCUT2D eigenvalue weighted by molar-refractivity contribution is -0.144. The van der Waals surface area contributed by atoms with Crippen molar-refractivity contribution in [3.63, 3.8) is 0 Å². The minimum atomic E-state index is -0.171. The summed E-state index contributed by atoms with van der Waals surface area (Å²) in [6.45, 7) is 3.61. The molecule has 1 N–H and O–H groups in total. The van der Waals surface area contributed by atoms with E-state index in [9.17, 15) is 4.79 Å². The van der Waals surface area contributed by atoms with E-state index in [-0.39, 0.29) is 12.0 Å². The Bertz CT molecular complexity index is 370. The molecule has 1 saturated heterocycles. The van der Waals surface area contributed by atoms with Gasteiger partial charge in [0.2, 0.25) is 0 Å². The molecule has 2 rings (SSSR count). The normalized spacial score (nSPS) is 20.8. The molecule has 1 aliphatic rings. The highest BCUT2D eigenvalue weighted by Gasteiger charge is 2.25. The minimum absolute atomic E-state index is 0.161. The SMILES string of the molecule is COC(=O)C1CN(CCSc2cccs2)CCN1. The number of hydrogen-bond acceptors (Lipinski definition) is 6. The molecule has 6 heteroatoms. The number of nitrogens with one attached hydrogen (secondary N) is 1. The van der Waals surface area contributed by atoms with Gasteiger partial charge in [-0.2, -0.15) is 0 Å². The van der Waals surface area contributed by atoms with Crippen LogP contribution in [0.25, 0.3) is 0 Å². The predicted molar refractivity (Wildman–Crippen MR) is 75.3 cm³/mol. The molecule has 0 amide bonds. The molecule has 1 aromatic heterocycles. The number of thioether (sulfide) groups is 1. The smallest absolute Gasteiger partial charge is 0.324 e. The number of hydrogen-bond donors (Lipinski definition) is 1. The molecule has 0 radical (unpaired) electrons. The second-order valence-corrected chi connectivity index (χ2v) is 6.45. The van der Waals surface area contributed by atoms with E-state index in [2.05, 4.69) is 27.7 Å². The Morgan fingerprint density at radius 2 is 2.61 bits per heavy atom. The highest BCUT2D eigenvalue weighted by molar-refractivity contribution is 8.01. The van der Waals surface area contributed by atoms with Gasteiger partial charge in [-0.05, 0) is 11.4 Å². The van der Waals surface area contributed by atoms with E-state index in [0.29, 0.717) is 0 Å². The van der Waals surface area contributed by atoms with Gasteiger partial charge in [0.25, 0.3) is 0 Å². The zero-order valence-electron chi connectivity index (χ0n) is 10.4. The molecule has 1 aromatic rings. The molecule has 4 nitrogen and oxygen atoms in total. The van der Waals surface area contributed by atoms with Crippen LogP contribution in [0.4, 0.5) is 0 Å². The summed E-state index contributed by atoms with van der Waals surface area (Å²) < 4.78 is 6.13. The summed E-state index contributed by atoms with van der Waals surface area (Å²) >= 11 is 3.65. The summed E-state index contributed by atoms with van der Waals surface area (Å²) in [6.07, 6.45) is 0. The van der Waals surface area contributed by atoms with E-state index in [1.807, 2.05) is 11.8 Å². The number of rotatable bonds is 5. The molecular formula is C12H18N2O2S2. The molecule has 0 spiro atoms. The third-order valence-corrected chi connectivity index (χ3v) is 5.00. The lowest BCUT2D eigenvalue weighted by Crippen LogP contribution is -2.54. The molecule has 0 bridgehead atoms. The van der Waals surface area contributed by atoms with Gasteiger partial charge in [-0.3, -0.25) is 9.69 Å². The van der Waals surface area contributed by atoms with Gasteiger partial charge in [0, 0.05) is 31.9 Å². The van der Waals surface area contributed by atoms with Crippen molar-refractivity contribution in [3.8, 4) is 0 Å². The first kappa shape index (κ1) is 13.9. The number of methoxy groups -OCH3 is 1. The van der Waals surface area contributed by atoms with Crippen molar-refractivity contribution in [1.82, 2.24) is 10.2 Å². The van der Waals surface area contributed by atoms with Crippen LogP contribution in [-0.2, 0) is 9.53 Å². The molecule has 1 atom stereocenters. The van der Waals surface area contributed by atoms with Gasteiger partial charge < -0.3 is 10.1 Å². The fraction of sp³-hybridized carbons (Fsp3) is 0.583. The standard InChI is InChI=1S/C12H18N2O2S2/c1-16-12(15)10-9-14(5-4-13-10)6-8-18-11-3-2-7-17-11/h2-3,7,10,13H,4-6,8-9H2,1H3. The minimum Gasteiger partial charge on any atom is -0.468 e. The maximum atomic E-state index is 11.5. The number of thiophene rings is 1. The summed E-state index contributed by atoms with van der Waals surface area (Å²) in [7, 11) is 1.44. The van der Waals surface area contributed by atoms with Crippen LogP contribution >= 0.6 is 23.1 Å². The van der Waals surface area contributed by atoms with Gasteiger partial charge in [0.05, 0.1) is 11.3 Å².